The lowest BCUT2D eigenvalue weighted by Crippen LogP contribution is -2.24. The summed E-state index contributed by atoms with van der Waals surface area (Å²) in [6, 6.07) is 0. The standard InChI is InChI=1S/C13H24O6/c14-2-1-3-15-4-11(5-16-7-12-9-18-12)6-17-8-13-10-19-13/h11-14H,1-10H2. The second-order valence-electron chi connectivity index (χ2n) is 5.00. The number of rotatable bonds is 13. The van der Waals surface area contributed by atoms with Gasteiger partial charge in [-0.05, 0) is 6.42 Å². The fraction of sp³-hybridized carbons (Fsp3) is 1.00. The molecule has 2 aliphatic heterocycles. The van der Waals surface area contributed by atoms with Crippen molar-refractivity contribution in [1.29, 1.82) is 0 Å². The highest BCUT2D eigenvalue weighted by molar-refractivity contribution is 4.69. The van der Waals surface area contributed by atoms with E-state index in [4.69, 9.17) is 28.8 Å². The van der Waals surface area contributed by atoms with Crippen LogP contribution in [-0.4, -0.2) is 76.8 Å². The van der Waals surface area contributed by atoms with Gasteiger partial charge in [0.15, 0.2) is 0 Å². The number of epoxide rings is 2. The molecule has 0 spiro atoms. The fourth-order valence-corrected chi connectivity index (χ4v) is 1.62. The minimum atomic E-state index is 0.162. The molecule has 0 radical (unpaired) electrons. The maximum absolute atomic E-state index is 8.69. The molecule has 1 N–H and O–H groups in total. The minimum absolute atomic E-state index is 0.162. The van der Waals surface area contributed by atoms with Crippen molar-refractivity contribution in [3.8, 4) is 0 Å². The second kappa shape index (κ2) is 8.84. The van der Waals surface area contributed by atoms with Crippen LogP contribution < -0.4 is 0 Å². The third-order valence-corrected chi connectivity index (χ3v) is 2.92. The molecule has 0 aromatic rings. The topological polar surface area (TPSA) is 73.0 Å². The molecule has 0 bridgehead atoms. The van der Waals surface area contributed by atoms with Gasteiger partial charge in [-0.1, -0.05) is 0 Å². The van der Waals surface area contributed by atoms with Gasteiger partial charge in [0.05, 0.1) is 46.2 Å². The summed E-state index contributed by atoms with van der Waals surface area (Å²) in [6.45, 7) is 5.49. The summed E-state index contributed by atoms with van der Waals surface area (Å²) < 4.78 is 26.9. The lowest BCUT2D eigenvalue weighted by atomic mass is 10.2. The van der Waals surface area contributed by atoms with Gasteiger partial charge in [0.2, 0.25) is 0 Å². The number of ether oxygens (including phenoxy) is 5. The van der Waals surface area contributed by atoms with Crippen LogP contribution in [0.2, 0.25) is 0 Å². The van der Waals surface area contributed by atoms with Gasteiger partial charge < -0.3 is 28.8 Å². The molecule has 2 rings (SSSR count). The zero-order valence-electron chi connectivity index (χ0n) is 11.3. The molecule has 112 valence electrons. The molecule has 6 heteroatoms. The minimum Gasteiger partial charge on any atom is -0.396 e. The van der Waals surface area contributed by atoms with Crippen LogP contribution in [-0.2, 0) is 23.7 Å². The Morgan fingerprint density at radius 2 is 1.47 bits per heavy atom. The van der Waals surface area contributed by atoms with E-state index >= 15 is 0 Å². The molecule has 2 aliphatic rings. The van der Waals surface area contributed by atoms with Crippen molar-refractivity contribution < 1.29 is 28.8 Å². The van der Waals surface area contributed by atoms with E-state index in [-0.39, 0.29) is 24.7 Å². The zero-order valence-corrected chi connectivity index (χ0v) is 11.3. The second-order valence-corrected chi connectivity index (χ2v) is 5.00. The third kappa shape index (κ3) is 7.81. The predicted octanol–water partition coefficient (Wildman–Crippen LogP) is -0.168. The Bertz CT molecular complexity index is 211. The maximum Gasteiger partial charge on any atom is 0.104 e. The molecule has 0 aromatic carbocycles. The summed E-state index contributed by atoms with van der Waals surface area (Å²) in [5, 5.41) is 8.69. The van der Waals surface area contributed by atoms with Crippen molar-refractivity contribution in [2.45, 2.75) is 18.6 Å². The van der Waals surface area contributed by atoms with Crippen LogP contribution in [0, 0.1) is 5.92 Å². The first-order valence-electron chi connectivity index (χ1n) is 6.95. The van der Waals surface area contributed by atoms with Gasteiger partial charge in [0, 0.05) is 19.1 Å². The molecule has 2 fully saturated rings. The van der Waals surface area contributed by atoms with Gasteiger partial charge in [-0.25, -0.2) is 0 Å². The van der Waals surface area contributed by atoms with E-state index in [1.54, 1.807) is 0 Å². The quantitative estimate of drug-likeness (QED) is 0.372. The van der Waals surface area contributed by atoms with Crippen LogP contribution in [0.15, 0.2) is 0 Å². The molecule has 2 heterocycles. The highest BCUT2D eigenvalue weighted by Gasteiger charge is 2.24. The van der Waals surface area contributed by atoms with Gasteiger partial charge in [0.1, 0.15) is 12.2 Å². The molecule has 2 atom stereocenters. The van der Waals surface area contributed by atoms with Crippen molar-refractivity contribution in [1.82, 2.24) is 0 Å². The molecule has 0 aromatic heterocycles. The Hall–Kier alpha value is -0.240. The van der Waals surface area contributed by atoms with Crippen molar-refractivity contribution in [2.75, 3.05) is 59.5 Å². The predicted molar refractivity (Wildman–Crippen MR) is 67.1 cm³/mol. The SMILES string of the molecule is OCCCOCC(COCC1CO1)COCC1CO1. The average molecular weight is 276 g/mol. The van der Waals surface area contributed by atoms with E-state index in [0.29, 0.717) is 46.1 Å². The van der Waals surface area contributed by atoms with E-state index in [9.17, 15) is 0 Å². The highest BCUT2D eigenvalue weighted by atomic mass is 16.6. The number of aliphatic hydroxyl groups is 1. The molecular weight excluding hydrogens is 252 g/mol. The van der Waals surface area contributed by atoms with Gasteiger partial charge in [-0.3, -0.25) is 0 Å². The van der Waals surface area contributed by atoms with E-state index < -0.39 is 0 Å². The summed E-state index contributed by atoms with van der Waals surface area (Å²) in [6.07, 6.45) is 1.24. The van der Waals surface area contributed by atoms with Crippen LogP contribution in [0.4, 0.5) is 0 Å². The highest BCUT2D eigenvalue weighted by Crippen LogP contribution is 2.12. The Morgan fingerprint density at radius 1 is 0.947 bits per heavy atom. The van der Waals surface area contributed by atoms with Crippen LogP contribution >= 0.6 is 0 Å². The summed E-state index contributed by atoms with van der Waals surface area (Å²) in [7, 11) is 0. The number of hydrogen-bond donors (Lipinski definition) is 1. The molecule has 0 amide bonds. The first-order valence-corrected chi connectivity index (χ1v) is 6.95. The van der Waals surface area contributed by atoms with Gasteiger partial charge in [-0.15, -0.1) is 0 Å². The van der Waals surface area contributed by atoms with Crippen molar-refractivity contribution in [3.05, 3.63) is 0 Å². The van der Waals surface area contributed by atoms with E-state index in [0.717, 1.165) is 13.2 Å². The Labute approximate surface area is 113 Å². The first-order chi connectivity index (χ1) is 9.38. The van der Waals surface area contributed by atoms with Crippen LogP contribution in [0.5, 0.6) is 0 Å². The lowest BCUT2D eigenvalue weighted by molar-refractivity contribution is -0.0127. The summed E-state index contributed by atoms with van der Waals surface area (Å²) in [5.74, 6) is 0.219. The third-order valence-electron chi connectivity index (χ3n) is 2.92. The monoisotopic (exact) mass is 276 g/mol. The first kappa shape index (κ1) is 15.2. The van der Waals surface area contributed by atoms with Crippen molar-refractivity contribution >= 4 is 0 Å². The molecule has 6 nitrogen and oxygen atoms in total. The van der Waals surface area contributed by atoms with Crippen LogP contribution in [0.3, 0.4) is 0 Å². The molecule has 2 saturated heterocycles. The molecule has 0 aliphatic carbocycles. The van der Waals surface area contributed by atoms with Gasteiger partial charge in [-0.2, -0.15) is 0 Å². The van der Waals surface area contributed by atoms with Crippen LogP contribution in [0.1, 0.15) is 6.42 Å². The van der Waals surface area contributed by atoms with E-state index in [1.807, 2.05) is 0 Å². The normalized spacial score (nSPS) is 26.4. The number of aliphatic hydroxyl groups excluding tert-OH is 1. The zero-order chi connectivity index (χ0) is 13.3. The molecule has 0 saturated carbocycles. The Kier molecular flexibility index (Phi) is 7.05. The molecule has 19 heavy (non-hydrogen) atoms. The molecule has 2 unspecified atom stereocenters. The largest absolute Gasteiger partial charge is 0.396 e. The lowest BCUT2D eigenvalue weighted by Gasteiger charge is -2.17. The van der Waals surface area contributed by atoms with Crippen LogP contribution in [0.25, 0.3) is 0 Å². The Balaban J connectivity index is 1.52. The van der Waals surface area contributed by atoms with E-state index in [1.165, 1.54) is 0 Å². The smallest absolute Gasteiger partial charge is 0.104 e. The van der Waals surface area contributed by atoms with Gasteiger partial charge >= 0.3 is 0 Å². The van der Waals surface area contributed by atoms with E-state index in [2.05, 4.69) is 0 Å². The summed E-state index contributed by atoms with van der Waals surface area (Å²) in [4.78, 5) is 0. The fourth-order valence-electron chi connectivity index (χ4n) is 1.62. The van der Waals surface area contributed by atoms with Gasteiger partial charge in [0.25, 0.3) is 0 Å². The Morgan fingerprint density at radius 3 is 1.95 bits per heavy atom. The average Bonchev–Trinajstić information content (AvgIpc) is 3.27. The maximum atomic E-state index is 8.69. The molecular formula is C13H24O6. The van der Waals surface area contributed by atoms with Crippen molar-refractivity contribution in [2.24, 2.45) is 5.92 Å². The summed E-state index contributed by atoms with van der Waals surface area (Å²) >= 11 is 0. The number of hydrogen-bond acceptors (Lipinski definition) is 6. The summed E-state index contributed by atoms with van der Waals surface area (Å²) in [5.41, 5.74) is 0. The van der Waals surface area contributed by atoms with Crippen molar-refractivity contribution in [3.63, 3.8) is 0 Å².